The minimum absolute atomic E-state index is 0. The van der Waals surface area contributed by atoms with Crippen LogP contribution in [0.4, 0.5) is 9.93 Å². The number of pyridine rings is 1. The molecule has 0 aliphatic carbocycles. The molecule has 2 aromatic heterocycles. The number of thiazole rings is 1. The molecule has 4 rings (SSSR count). The molecule has 160 valence electrons. The van der Waals surface area contributed by atoms with Crippen LogP contribution in [0.25, 0.3) is 11.3 Å². The van der Waals surface area contributed by atoms with E-state index in [1.807, 2.05) is 47.8 Å². The zero-order chi connectivity index (χ0) is 19.2. The Hall–Kier alpha value is -2.39. The van der Waals surface area contributed by atoms with Gasteiger partial charge in [0.15, 0.2) is 5.13 Å². The number of halogens is 2. The number of carbonyl (C=O) groups is 1. The number of piperazine rings is 1. The van der Waals surface area contributed by atoms with Crippen molar-refractivity contribution in [2.24, 2.45) is 0 Å². The summed E-state index contributed by atoms with van der Waals surface area (Å²) < 4.78 is 5.80. The van der Waals surface area contributed by atoms with Gasteiger partial charge in [-0.3, -0.25) is 10.3 Å². The highest BCUT2D eigenvalue weighted by atomic mass is 35.5. The summed E-state index contributed by atoms with van der Waals surface area (Å²) >= 11 is 1.42. The maximum absolute atomic E-state index is 12.8. The lowest BCUT2D eigenvalue weighted by Gasteiger charge is -2.35. The Morgan fingerprint density at radius 3 is 2.83 bits per heavy atom. The molecule has 0 bridgehead atoms. The summed E-state index contributed by atoms with van der Waals surface area (Å²) in [6.45, 7) is 2.45. The second kappa shape index (κ2) is 11.7. The summed E-state index contributed by atoms with van der Waals surface area (Å²) in [4.78, 5) is 23.2. The Morgan fingerprint density at radius 2 is 2.07 bits per heavy atom. The Labute approximate surface area is 191 Å². The van der Waals surface area contributed by atoms with E-state index in [1.54, 1.807) is 17.3 Å². The van der Waals surface area contributed by atoms with Gasteiger partial charge in [0.05, 0.1) is 17.9 Å². The number of hydrogen-bond donors (Lipinski definition) is 2. The lowest BCUT2D eigenvalue weighted by Crippen LogP contribution is -2.57. The monoisotopic (exact) mass is 467 g/mol. The molecule has 2 amide bonds. The number of nitrogens with zero attached hydrogens (tertiary/aromatic N) is 3. The molecule has 1 fully saturated rings. The molecule has 7 nitrogen and oxygen atoms in total. The summed E-state index contributed by atoms with van der Waals surface area (Å²) in [5, 5.41) is 8.79. The highest BCUT2D eigenvalue weighted by Gasteiger charge is 2.27. The van der Waals surface area contributed by atoms with Gasteiger partial charge in [0, 0.05) is 36.8 Å². The number of aromatic nitrogens is 2. The van der Waals surface area contributed by atoms with E-state index in [0.29, 0.717) is 30.6 Å². The average Bonchev–Trinajstić information content (AvgIpc) is 3.22. The zero-order valence-electron chi connectivity index (χ0n) is 16.1. The minimum Gasteiger partial charge on any atom is -0.490 e. The molecule has 1 saturated heterocycles. The number of ether oxygens (including phenoxy) is 1. The summed E-state index contributed by atoms with van der Waals surface area (Å²) in [6, 6.07) is 13.4. The van der Waals surface area contributed by atoms with Gasteiger partial charge in [0.1, 0.15) is 12.4 Å². The van der Waals surface area contributed by atoms with Gasteiger partial charge in [0.25, 0.3) is 0 Å². The molecule has 0 radical (unpaired) electrons. The highest BCUT2D eigenvalue weighted by molar-refractivity contribution is 7.14. The number of urea groups is 1. The third kappa shape index (κ3) is 6.06. The van der Waals surface area contributed by atoms with Gasteiger partial charge in [-0.1, -0.05) is 30.3 Å². The molecule has 1 aliphatic heterocycles. The number of benzene rings is 1. The van der Waals surface area contributed by atoms with Crippen LogP contribution >= 0.6 is 36.2 Å². The lowest BCUT2D eigenvalue weighted by atomic mass is 10.2. The van der Waals surface area contributed by atoms with Crippen molar-refractivity contribution in [2.75, 3.05) is 31.6 Å². The normalized spacial score (nSPS) is 15.5. The second-order valence-electron chi connectivity index (χ2n) is 6.39. The van der Waals surface area contributed by atoms with Crippen molar-refractivity contribution in [1.29, 1.82) is 0 Å². The van der Waals surface area contributed by atoms with Gasteiger partial charge in [0.2, 0.25) is 0 Å². The van der Waals surface area contributed by atoms with Crippen LogP contribution in [0.15, 0.2) is 60.2 Å². The van der Waals surface area contributed by atoms with Crippen LogP contribution in [0.1, 0.15) is 0 Å². The van der Waals surface area contributed by atoms with Crippen molar-refractivity contribution in [3.05, 3.63) is 60.2 Å². The number of amides is 2. The van der Waals surface area contributed by atoms with Gasteiger partial charge in [-0.15, -0.1) is 36.2 Å². The maximum Gasteiger partial charge on any atom is 0.324 e. The van der Waals surface area contributed by atoms with Gasteiger partial charge < -0.3 is 15.0 Å². The molecule has 1 atom stereocenters. The Balaban J connectivity index is 0.00000160. The second-order valence-corrected chi connectivity index (χ2v) is 7.24. The molecule has 1 aromatic carbocycles. The molecular formula is C20H23Cl2N5O2S. The Bertz CT molecular complexity index is 914. The van der Waals surface area contributed by atoms with Crippen molar-refractivity contribution < 1.29 is 9.53 Å². The fraction of sp³-hybridized carbons (Fsp3) is 0.250. The smallest absolute Gasteiger partial charge is 0.324 e. The molecule has 30 heavy (non-hydrogen) atoms. The Kier molecular flexibility index (Phi) is 9.32. The van der Waals surface area contributed by atoms with Crippen LogP contribution in [0, 0.1) is 0 Å². The molecule has 3 aromatic rings. The standard InChI is InChI=1S/C20H21N5O2S.2ClH/c26-20(24-19-23-18(14-28-19)15-5-2-1-3-6-15)25-10-9-22-11-16(25)13-27-17-7-4-8-21-12-17;;/h1-8,12,14,16,22H,9-11,13H2,(H,23,24,26);2*1H. The van der Waals surface area contributed by atoms with Crippen LogP contribution in [-0.2, 0) is 0 Å². The number of carbonyl (C=O) groups excluding carboxylic acids is 1. The first-order valence-corrected chi connectivity index (χ1v) is 10.00. The van der Waals surface area contributed by atoms with Crippen molar-refractivity contribution in [1.82, 2.24) is 20.2 Å². The molecule has 0 saturated carbocycles. The van der Waals surface area contributed by atoms with Gasteiger partial charge in [-0.05, 0) is 12.1 Å². The number of rotatable bonds is 5. The topological polar surface area (TPSA) is 79.4 Å². The molecule has 2 N–H and O–H groups in total. The quantitative estimate of drug-likeness (QED) is 0.593. The average molecular weight is 468 g/mol. The molecule has 0 spiro atoms. The lowest BCUT2D eigenvalue weighted by molar-refractivity contribution is 0.133. The van der Waals surface area contributed by atoms with E-state index in [4.69, 9.17) is 4.74 Å². The first-order valence-electron chi connectivity index (χ1n) is 9.12. The maximum atomic E-state index is 12.8. The SMILES string of the molecule is Cl.Cl.O=C(Nc1nc(-c2ccccc2)cs1)N1CCNCC1COc1cccnc1. The molecule has 10 heteroatoms. The van der Waals surface area contributed by atoms with E-state index in [-0.39, 0.29) is 36.9 Å². The first kappa shape index (κ1) is 23.9. The van der Waals surface area contributed by atoms with Crippen LogP contribution in [0.5, 0.6) is 5.75 Å². The molecular weight excluding hydrogens is 445 g/mol. The van der Waals surface area contributed by atoms with E-state index in [1.165, 1.54) is 11.3 Å². The predicted octanol–water partition coefficient (Wildman–Crippen LogP) is 3.93. The van der Waals surface area contributed by atoms with E-state index >= 15 is 0 Å². The highest BCUT2D eigenvalue weighted by Crippen LogP contribution is 2.25. The number of nitrogens with one attached hydrogen (secondary N) is 2. The number of anilines is 1. The summed E-state index contributed by atoms with van der Waals surface area (Å²) in [5.74, 6) is 0.695. The number of hydrogen-bond acceptors (Lipinski definition) is 6. The van der Waals surface area contributed by atoms with Crippen molar-refractivity contribution in [3.63, 3.8) is 0 Å². The minimum atomic E-state index is -0.157. The fourth-order valence-corrected chi connectivity index (χ4v) is 3.75. The van der Waals surface area contributed by atoms with Crippen LogP contribution in [0.2, 0.25) is 0 Å². The molecule has 1 aliphatic rings. The zero-order valence-corrected chi connectivity index (χ0v) is 18.5. The van der Waals surface area contributed by atoms with Gasteiger partial charge >= 0.3 is 6.03 Å². The van der Waals surface area contributed by atoms with Crippen LogP contribution in [0.3, 0.4) is 0 Å². The molecule has 1 unspecified atom stereocenters. The predicted molar refractivity (Wildman–Crippen MR) is 124 cm³/mol. The Morgan fingerprint density at radius 1 is 1.23 bits per heavy atom. The molecule has 3 heterocycles. The fourth-order valence-electron chi connectivity index (χ4n) is 3.04. The van der Waals surface area contributed by atoms with Crippen molar-refractivity contribution in [3.8, 4) is 17.0 Å². The largest absolute Gasteiger partial charge is 0.490 e. The summed E-state index contributed by atoms with van der Waals surface area (Å²) in [5.41, 5.74) is 1.89. The summed E-state index contributed by atoms with van der Waals surface area (Å²) in [7, 11) is 0. The third-order valence-corrected chi connectivity index (χ3v) is 5.23. The van der Waals surface area contributed by atoms with E-state index in [9.17, 15) is 4.79 Å². The van der Waals surface area contributed by atoms with Crippen molar-refractivity contribution >= 4 is 47.3 Å². The van der Waals surface area contributed by atoms with E-state index < -0.39 is 0 Å². The van der Waals surface area contributed by atoms with E-state index in [2.05, 4.69) is 20.6 Å². The van der Waals surface area contributed by atoms with Gasteiger partial charge in [-0.2, -0.15) is 0 Å². The first-order chi connectivity index (χ1) is 13.8. The van der Waals surface area contributed by atoms with Crippen LogP contribution < -0.4 is 15.4 Å². The van der Waals surface area contributed by atoms with Crippen LogP contribution in [-0.4, -0.2) is 53.2 Å². The van der Waals surface area contributed by atoms with Crippen molar-refractivity contribution in [2.45, 2.75) is 6.04 Å². The van der Waals surface area contributed by atoms with Gasteiger partial charge in [-0.25, -0.2) is 9.78 Å². The van der Waals surface area contributed by atoms with E-state index in [0.717, 1.165) is 17.8 Å². The summed E-state index contributed by atoms with van der Waals surface area (Å²) in [6.07, 6.45) is 3.37. The third-order valence-electron chi connectivity index (χ3n) is 4.48.